The van der Waals surface area contributed by atoms with Crippen molar-refractivity contribution in [2.45, 2.75) is 161 Å². The van der Waals surface area contributed by atoms with E-state index in [2.05, 4.69) is 47.5 Å². The van der Waals surface area contributed by atoms with E-state index in [-0.39, 0.29) is 56.3 Å². The van der Waals surface area contributed by atoms with E-state index in [9.17, 15) is 53.4 Å². The molecule has 14 N–H and O–H groups in total. The lowest BCUT2D eigenvalue weighted by Crippen LogP contribution is -2.63. The number of rotatable bonds is 28. The summed E-state index contributed by atoms with van der Waals surface area (Å²) in [4.78, 5) is 129. The summed E-state index contributed by atoms with van der Waals surface area (Å²) < 4.78 is 0. The zero-order valence-electron chi connectivity index (χ0n) is 41.9. The third kappa shape index (κ3) is 18.3. The number of hydrogen-bond acceptors (Lipinski definition) is 13. The third-order valence-corrected chi connectivity index (χ3v) is 12.7. The molecule has 0 aromatic rings. The molecule has 2 aliphatic rings. The highest BCUT2D eigenvalue weighted by molar-refractivity contribution is 5.98. The molecule has 392 valence electrons. The first-order chi connectivity index (χ1) is 32.5. The zero-order valence-corrected chi connectivity index (χ0v) is 41.9. The summed E-state index contributed by atoms with van der Waals surface area (Å²) in [7, 11) is 1.82. The summed E-state index contributed by atoms with van der Waals surface area (Å²) in [5.74, 6) is -7.83. The first-order valence-electron chi connectivity index (χ1n) is 24.2. The van der Waals surface area contributed by atoms with E-state index in [0.717, 1.165) is 13.0 Å². The molecule has 69 heavy (non-hydrogen) atoms. The van der Waals surface area contributed by atoms with E-state index >= 15 is 0 Å². The van der Waals surface area contributed by atoms with Crippen LogP contribution in [0.15, 0.2) is 4.99 Å². The van der Waals surface area contributed by atoms with Crippen molar-refractivity contribution in [2.24, 2.45) is 34.2 Å². The van der Waals surface area contributed by atoms with Crippen molar-refractivity contribution in [3.8, 4) is 0 Å². The van der Waals surface area contributed by atoms with Crippen molar-refractivity contribution in [3.05, 3.63) is 0 Å². The second-order valence-electron chi connectivity index (χ2n) is 18.5. The summed E-state index contributed by atoms with van der Waals surface area (Å²) in [6.45, 7) is 13.4. The molecule has 0 spiro atoms. The van der Waals surface area contributed by atoms with Gasteiger partial charge in [0.15, 0.2) is 5.96 Å². The molecule has 2 fully saturated rings. The number of carbonyl (C=O) groups excluding carboxylic acids is 9. The number of likely N-dealkylation sites (N-methyl/N-ethyl adjacent to an activating group) is 2. The van der Waals surface area contributed by atoms with Crippen LogP contribution in [0.2, 0.25) is 0 Å². The van der Waals surface area contributed by atoms with Crippen LogP contribution >= 0.6 is 0 Å². The zero-order chi connectivity index (χ0) is 52.1. The van der Waals surface area contributed by atoms with Gasteiger partial charge in [0.1, 0.15) is 42.3 Å². The molecule has 9 amide bonds. The Kier molecular flexibility index (Phi) is 25.4. The van der Waals surface area contributed by atoms with E-state index < -0.39 is 114 Å². The molecule has 0 aromatic carbocycles. The predicted octanol–water partition coefficient (Wildman–Crippen LogP) is -3.59. The molecule has 2 rings (SSSR count). The number of nitrogens with zero attached hydrogens (tertiary/aromatic N) is 3. The number of aliphatic hydroxyl groups is 2. The maximum atomic E-state index is 14.0. The average Bonchev–Trinajstić information content (AvgIpc) is 3.98. The number of nitrogens with two attached hydrogens (primary N) is 2. The Morgan fingerprint density at radius 1 is 0.652 bits per heavy atom. The second-order valence-corrected chi connectivity index (χ2v) is 18.5. The van der Waals surface area contributed by atoms with Crippen molar-refractivity contribution in [1.82, 2.24) is 52.3 Å². The van der Waals surface area contributed by atoms with Gasteiger partial charge in [0.05, 0.1) is 25.3 Å². The number of hydrogen-bond donors (Lipinski definition) is 12. The number of nitrogens with one attached hydrogen (secondary N) is 8. The molecule has 24 nitrogen and oxygen atoms in total. The van der Waals surface area contributed by atoms with Gasteiger partial charge in [0.2, 0.25) is 53.2 Å². The van der Waals surface area contributed by atoms with Crippen molar-refractivity contribution >= 4 is 59.1 Å². The van der Waals surface area contributed by atoms with Crippen LogP contribution < -0.4 is 54.0 Å². The van der Waals surface area contributed by atoms with E-state index in [1.807, 2.05) is 11.9 Å². The Bertz CT molecular complexity index is 1800. The molecule has 0 saturated carbocycles. The summed E-state index contributed by atoms with van der Waals surface area (Å²) in [6, 6.07) is -9.32. The van der Waals surface area contributed by atoms with E-state index in [1.54, 1.807) is 48.5 Å². The van der Waals surface area contributed by atoms with Crippen LogP contribution in [0.4, 0.5) is 0 Å². The van der Waals surface area contributed by atoms with Crippen LogP contribution in [0.3, 0.4) is 0 Å². The van der Waals surface area contributed by atoms with Crippen molar-refractivity contribution in [1.29, 1.82) is 0 Å². The summed E-state index contributed by atoms with van der Waals surface area (Å²) in [5, 5.41) is 41.8. The lowest BCUT2D eigenvalue weighted by atomic mass is 9.96. The second kappa shape index (κ2) is 29.4. The van der Waals surface area contributed by atoms with Crippen LogP contribution in [0.1, 0.15) is 107 Å². The topological polar surface area (TPSA) is 361 Å². The molecule has 0 radical (unpaired) electrons. The predicted molar refractivity (Wildman–Crippen MR) is 256 cm³/mol. The molecule has 2 saturated heterocycles. The maximum Gasteiger partial charge on any atom is 0.245 e. The van der Waals surface area contributed by atoms with Crippen LogP contribution in [0.5, 0.6) is 0 Å². The minimum Gasteiger partial charge on any atom is -0.394 e. The molecule has 0 unspecified atom stereocenters. The first kappa shape index (κ1) is 59.5. The quantitative estimate of drug-likeness (QED) is 0.0205. The smallest absolute Gasteiger partial charge is 0.245 e. The number of carbonyl (C=O) groups is 9. The van der Waals surface area contributed by atoms with Gasteiger partial charge in [0.25, 0.3) is 0 Å². The fraction of sp³-hybridized carbons (Fsp3) is 0.778. The highest BCUT2D eigenvalue weighted by Gasteiger charge is 2.40. The minimum atomic E-state index is -1.71. The van der Waals surface area contributed by atoms with Crippen LogP contribution in [-0.4, -0.2) is 180 Å². The first-order valence-corrected chi connectivity index (χ1v) is 24.2. The number of likely N-dealkylation sites (tertiary alicyclic amines) is 2. The van der Waals surface area contributed by atoms with Gasteiger partial charge in [-0.1, -0.05) is 54.4 Å². The van der Waals surface area contributed by atoms with E-state index in [0.29, 0.717) is 38.6 Å². The van der Waals surface area contributed by atoms with Crippen molar-refractivity contribution in [2.75, 3.05) is 46.4 Å². The average molecular weight is 980 g/mol. The largest absolute Gasteiger partial charge is 0.394 e. The van der Waals surface area contributed by atoms with Gasteiger partial charge in [-0.25, -0.2) is 0 Å². The van der Waals surface area contributed by atoms with Crippen LogP contribution in [-0.2, 0) is 43.2 Å². The third-order valence-electron chi connectivity index (χ3n) is 12.7. The fourth-order valence-electron chi connectivity index (χ4n) is 8.11. The van der Waals surface area contributed by atoms with Crippen molar-refractivity contribution < 1.29 is 53.4 Å². The number of aliphatic hydroxyl groups excluding tert-OH is 2. The van der Waals surface area contributed by atoms with Gasteiger partial charge in [-0.2, -0.15) is 0 Å². The molecule has 0 aliphatic carbocycles. The standard InChI is InChI=1S/C45H81N13O11/c1-10-25(6)34(41(66)51-28(16-13-19-49-45(46)47)44(69)58-21-15-18-31(58)39(64)48-12-3)54-37(62)29(23-59)52-43(68)36(27(8)60)56-42(67)35(26(7)11-2)55-40(65)33(24(4)5)53-32(61)22-50-38(63)30-17-14-20-57(30)9/h24-31,33-36,59-60H,10-23H2,1-9H3,(H,48,64)(H,50,63)(H,51,66)(H,52,68)(H,53,61)(H,54,62)(H,55,65)(H,56,67)(H4,46,47,49)/t25-,26-,27-,28-,29-,30-,31-,33-,34-,35+,36-/m0/s1. The highest BCUT2D eigenvalue weighted by atomic mass is 16.3. The Labute approximate surface area is 405 Å². The molecule has 0 bridgehead atoms. The molecular formula is C45H81N13O11. The van der Waals surface area contributed by atoms with Gasteiger partial charge in [-0.15, -0.1) is 0 Å². The van der Waals surface area contributed by atoms with E-state index in [4.69, 9.17) is 11.5 Å². The summed E-state index contributed by atoms with van der Waals surface area (Å²) in [6.07, 6.45) is 2.06. The fourth-order valence-corrected chi connectivity index (χ4v) is 8.11. The Hall–Kier alpha value is -5.62. The molecule has 2 heterocycles. The molecule has 24 heteroatoms. The number of aliphatic imine (C=N–C) groups is 1. The monoisotopic (exact) mass is 980 g/mol. The molecule has 2 aliphatic heterocycles. The lowest BCUT2D eigenvalue weighted by molar-refractivity contribution is -0.142. The molecule has 11 atom stereocenters. The van der Waals surface area contributed by atoms with Crippen molar-refractivity contribution in [3.63, 3.8) is 0 Å². The summed E-state index contributed by atoms with van der Waals surface area (Å²) >= 11 is 0. The maximum absolute atomic E-state index is 14.0. The van der Waals surface area contributed by atoms with Gasteiger partial charge in [0, 0.05) is 19.6 Å². The van der Waals surface area contributed by atoms with Gasteiger partial charge in [-0.05, 0) is 83.7 Å². The van der Waals surface area contributed by atoms with E-state index in [1.165, 1.54) is 11.8 Å². The van der Waals surface area contributed by atoms with Crippen LogP contribution in [0.25, 0.3) is 0 Å². The minimum absolute atomic E-state index is 0.0822. The lowest BCUT2D eigenvalue weighted by Gasteiger charge is -2.31. The Morgan fingerprint density at radius 2 is 1.16 bits per heavy atom. The van der Waals surface area contributed by atoms with Gasteiger partial charge in [-0.3, -0.25) is 53.0 Å². The highest BCUT2D eigenvalue weighted by Crippen LogP contribution is 2.21. The molecule has 0 aromatic heterocycles. The molecular weight excluding hydrogens is 899 g/mol. The van der Waals surface area contributed by atoms with Crippen LogP contribution in [0, 0.1) is 17.8 Å². The summed E-state index contributed by atoms with van der Waals surface area (Å²) in [5.41, 5.74) is 10.9. The normalized spacial score (nSPS) is 19.8. The number of amides is 9. The number of guanidine groups is 1. The Morgan fingerprint density at radius 3 is 1.68 bits per heavy atom. The van der Waals surface area contributed by atoms with Gasteiger partial charge < -0.3 is 69.1 Å². The SMILES string of the molecule is CCNC(=O)[C@@H]1CCCN1C(=O)[C@H](CCCN=C(N)N)NC(=O)[C@@H](NC(=O)[C@H](CO)NC(=O)[C@@H](NC(=O)[C@H](NC(=O)[C@@H](NC(=O)CNC(=O)[C@@H]1CCCN1C)C(C)C)[C@@H](C)CC)[C@H](C)O)[C@@H](C)CC. The van der Waals surface area contributed by atoms with Gasteiger partial charge >= 0.3 is 0 Å². The Balaban J connectivity index is 2.23.